The number of piperazine rings is 1. The van der Waals surface area contributed by atoms with Crippen molar-refractivity contribution in [1.29, 1.82) is 0 Å². The number of alkyl halides is 6. The molecule has 0 radical (unpaired) electrons. The Morgan fingerprint density at radius 1 is 0.862 bits per heavy atom. The molecule has 0 aliphatic carbocycles. The first-order valence-electron chi connectivity index (χ1n) is 9.06. The molecule has 0 aromatic heterocycles. The second kappa shape index (κ2) is 8.62. The minimum absolute atomic E-state index is 0.0668. The highest BCUT2D eigenvalue weighted by molar-refractivity contribution is 5.37. The normalized spacial score (nSPS) is 17.2. The van der Waals surface area contributed by atoms with Gasteiger partial charge in [-0.1, -0.05) is 30.3 Å². The van der Waals surface area contributed by atoms with Crippen molar-refractivity contribution in [2.24, 2.45) is 0 Å². The van der Waals surface area contributed by atoms with Crippen LogP contribution >= 0.6 is 0 Å². The zero-order valence-electron chi connectivity index (χ0n) is 15.4. The van der Waals surface area contributed by atoms with Crippen LogP contribution in [0.25, 0.3) is 0 Å². The van der Waals surface area contributed by atoms with Crippen LogP contribution in [0.2, 0.25) is 0 Å². The summed E-state index contributed by atoms with van der Waals surface area (Å²) in [5, 5.41) is 3.21. The monoisotopic (exact) mass is 418 g/mol. The van der Waals surface area contributed by atoms with Gasteiger partial charge in [0.1, 0.15) is 12.4 Å². The highest BCUT2D eigenvalue weighted by Gasteiger charge is 2.37. The van der Waals surface area contributed by atoms with E-state index in [1.165, 1.54) is 0 Å². The summed E-state index contributed by atoms with van der Waals surface area (Å²) in [6.45, 7) is 2.80. The average Bonchev–Trinajstić information content (AvgIpc) is 2.68. The van der Waals surface area contributed by atoms with E-state index in [1.54, 1.807) is 0 Å². The Balaban J connectivity index is 1.86. The molecule has 0 spiro atoms. The van der Waals surface area contributed by atoms with E-state index < -0.39 is 29.2 Å². The molecule has 3 rings (SSSR count). The summed E-state index contributed by atoms with van der Waals surface area (Å²) in [6, 6.07) is 10.2. The zero-order chi connectivity index (χ0) is 21.1. The van der Waals surface area contributed by atoms with Crippen molar-refractivity contribution in [3.63, 3.8) is 0 Å². The van der Waals surface area contributed by atoms with Gasteiger partial charge in [-0.3, -0.25) is 4.90 Å². The Kier molecular flexibility index (Phi) is 6.38. The fraction of sp³-hybridized carbons (Fsp3) is 0.400. The first-order valence-corrected chi connectivity index (χ1v) is 9.06. The first kappa shape index (κ1) is 21.4. The summed E-state index contributed by atoms with van der Waals surface area (Å²) >= 11 is 0. The van der Waals surface area contributed by atoms with Crippen molar-refractivity contribution in [2.45, 2.75) is 18.4 Å². The molecule has 1 N–H and O–H groups in total. The van der Waals surface area contributed by atoms with Crippen LogP contribution in [0.15, 0.2) is 48.5 Å². The van der Waals surface area contributed by atoms with E-state index in [1.807, 2.05) is 30.3 Å². The van der Waals surface area contributed by atoms with Crippen LogP contribution in [0.1, 0.15) is 22.7 Å². The molecule has 9 heteroatoms. The van der Waals surface area contributed by atoms with Gasteiger partial charge < -0.3 is 10.1 Å². The molecule has 1 fully saturated rings. The van der Waals surface area contributed by atoms with Crippen LogP contribution in [-0.4, -0.2) is 37.7 Å². The van der Waals surface area contributed by atoms with E-state index in [9.17, 15) is 26.3 Å². The minimum Gasteiger partial charge on any atom is -0.492 e. The third-order valence-electron chi connectivity index (χ3n) is 4.75. The van der Waals surface area contributed by atoms with Crippen molar-refractivity contribution >= 4 is 0 Å². The summed E-state index contributed by atoms with van der Waals surface area (Å²) in [7, 11) is 0. The number of benzene rings is 2. The van der Waals surface area contributed by atoms with E-state index in [4.69, 9.17) is 4.74 Å². The zero-order valence-corrected chi connectivity index (χ0v) is 15.4. The molecule has 0 saturated carbocycles. The highest BCUT2D eigenvalue weighted by Crippen LogP contribution is 2.38. The summed E-state index contributed by atoms with van der Waals surface area (Å²) in [6.07, 6.45) is -9.81. The smallest absolute Gasteiger partial charge is 0.416 e. The van der Waals surface area contributed by atoms with Gasteiger partial charge in [0.15, 0.2) is 0 Å². The van der Waals surface area contributed by atoms with Crippen molar-refractivity contribution in [3.05, 3.63) is 65.2 Å². The molecule has 2 aromatic rings. The molecular weight excluding hydrogens is 398 g/mol. The Hall–Kier alpha value is -2.26. The summed E-state index contributed by atoms with van der Waals surface area (Å²) in [4.78, 5) is 2.10. The number of hydrogen-bond donors (Lipinski definition) is 1. The molecule has 1 heterocycles. The van der Waals surface area contributed by atoms with Gasteiger partial charge in [0.25, 0.3) is 0 Å². The van der Waals surface area contributed by atoms with Crippen LogP contribution in [0.5, 0.6) is 5.75 Å². The van der Waals surface area contributed by atoms with Crippen LogP contribution < -0.4 is 10.1 Å². The van der Waals surface area contributed by atoms with Gasteiger partial charge in [-0.15, -0.1) is 0 Å². The maximum Gasteiger partial charge on any atom is 0.416 e. The lowest BCUT2D eigenvalue weighted by Gasteiger charge is -2.35. The fourth-order valence-corrected chi connectivity index (χ4v) is 3.27. The Bertz CT molecular complexity index is 769. The summed E-state index contributed by atoms with van der Waals surface area (Å²) in [5.74, 6) is -0.455. The molecule has 0 bridgehead atoms. The van der Waals surface area contributed by atoms with Crippen molar-refractivity contribution < 1.29 is 31.1 Å². The van der Waals surface area contributed by atoms with E-state index in [-0.39, 0.29) is 18.7 Å². The fourth-order valence-electron chi connectivity index (χ4n) is 3.27. The van der Waals surface area contributed by atoms with Gasteiger partial charge in [0.2, 0.25) is 0 Å². The van der Waals surface area contributed by atoms with E-state index >= 15 is 0 Å². The lowest BCUT2D eigenvalue weighted by Crippen LogP contribution is -2.46. The third-order valence-corrected chi connectivity index (χ3v) is 4.75. The van der Waals surface area contributed by atoms with Gasteiger partial charge in [0.05, 0.1) is 17.2 Å². The van der Waals surface area contributed by atoms with Crippen LogP contribution in [0.3, 0.4) is 0 Å². The molecule has 1 saturated heterocycles. The standard InChI is InChI=1S/C20H20F6N2O/c21-19(22,23)15-10-16(20(24,25)26)12-17(11-15)29-13-18(14-4-2-1-3-5-14)28-8-6-27-7-9-28/h1-5,10-12,18,27H,6-9,13H2. The molecule has 1 aliphatic heterocycles. The highest BCUT2D eigenvalue weighted by atomic mass is 19.4. The van der Waals surface area contributed by atoms with E-state index in [0.29, 0.717) is 25.2 Å². The first-order chi connectivity index (χ1) is 13.6. The molecule has 2 aromatic carbocycles. The van der Waals surface area contributed by atoms with Gasteiger partial charge >= 0.3 is 12.4 Å². The van der Waals surface area contributed by atoms with Crippen LogP contribution in [0, 0.1) is 0 Å². The largest absolute Gasteiger partial charge is 0.492 e. The molecule has 158 valence electrons. The number of halogens is 6. The Morgan fingerprint density at radius 2 is 1.41 bits per heavy atom. The summed E-state index contributed by atoms with van der Waals surface area (Å²) in [5.41, 5.74) is -1.89. The summed E-state index contributed by atoms with van der Waals surface area (Å²) < 4.78 is 83.8. The number of nitrogens with one attached hydrogen (secondary N) is 1. The predicted molar refractivity (Wildman–Crippen MR) is 95.6 cm³/mol. The molecule has 3 nitrogen and oxygen atoms in total. The number of nitrogens with zero attached hydrogens (tertiary/aromatic N) is 1. The molecule has 0 amide bonds. The molecule has 1 atom stereocenters. The van der Waals surface area contributed by atoms with Crippen LogP contribution in [0.4, 0.5) is 26.3 Å². The second-order valence-corrected chi connectivity index (χ2v) is 6.77. The topological polar surface area (TPSA) is 24.5 Å². The van der Waals surface area contributed by atoms with E-state index in [2.05, 4.69) is 10.2 Å². The molecule has 29 heavy (non-hydrogen) atoms. The molecular formula is C20H20F6N2O. The quantitative estimate of drug-likeness (QED) is 0.710. The van der Waals surface area contributed by atoms with Gasteiger partial charge in [-0.05, 0) is 23.8 Å². The Labute approximate surface area is 164 Å². The van der Waals surface area contributed by atoms with Gasteiger partial charge in [0, 0.05) is 26.2 Å². The minimum atomic E-state index is -4.91. The van der Waals surface area contributed by atoms with Crippen molar-refractivity contribution in [1.82, 2.24) is 10.2 Å². The Morgan fingerprint density at radius 3 is 1.93 bits per heavy atom. The number of hydrogen-bond acceptors (Lipinski definition) is 3. The van der Waals surface area contributed by atoms with E-state index in [0.717, 1.165) is 18.7 Å². The number of ether oxygens (including phenoxy) is 1. The van der Waals surface area contributed by atoms with Crippen molar-refractivity contribution in [2.75, 3.05) is 32.8 Å². The molecule has 1 aliphatic rings. The SMILES string of the molecule is FC(F)(F)c1cc(OCC(c2ccccc2)N2CCNCC2)cc(C(F)(F)F)c1. The second-order valence-electron chi connectivity index (χ2n) is 6.77. The van der Waals surface area contributed by atoms with Gasteiger partial charge in [-0.25, -0.2) is 0 Å². The van der Waals surface area contributed by atoms with Crippen LogP contribution in [-0.2, 0) is 12.4 Å². The van der Waals surface area contributed by atoms with Crippen molar-refractivity contribution in [3.8, 4) is 5.75 Å². The maximum atomic E-state index is 13.1. The average molecular weight is 418 g/mol. The van der Waals surface area contributed by atoms with Gasteiger partial charge in [-0.2, -0.15) is 26.3 Å². The third kappa shape index (κ3) is 5.63. The predicted octanol–water partition coefficient (Wildman–Crippen LogP) is 4.75. The molecule has 1 unspecified atom stereocenters. The number of rotatable bonds is 5. The lowest BCUT2D eigenvalue weighted by molar-refractivity contribution is -0.143. The lowest BCUT2D eigenvalue weighted by atomic mass is 10.1. The maximum absolute atomic E-state index is 13.1.